The van der Waals surface area contributed by atoms with E-state index in [0.29, 0.717) is 12.6 Å². The zero-order chi connectivity index (χ0) is 9.97. The SMILES string of the molecule is CC1CCc2ccccc2N1CC#N. The molecule has 0 N–H and O–H groups in total. The lowest BCUT2D eigenvalue weighted by atomic mass is 9.97. The van der Waals surface area contributed by atoms with Gasteiger partial charge in [-0.15, -0.1) is 0 Å². The molecule has 0 fully saturated rings. The Bertz CT molecular complexity index is 365. The Kier molecular flexibility index (Phi) is 2.41. The van der Waals surface area contributed by atoms with Crippen molar-refractivity contribution in [3.05, 3.63) is 29.8 Å². The van der Waals surface area contributed by atoms with Gasteiger partial charge in [-0.05, 0) is 31.4 Å². The van der Waals surface area contributed by atoms with E-state index in [2.05, 4.69) is 36.1 Å². The quantitative estimate of drug-likeness (QED) is 0.629. The molecule has 2 nitrogen and oxygen atoms in total. The lowest BCUT2D eigenvalue weighted by molar-refractivity contribution is 0.584. The Balaban J connectivity index is 2.37. The van der Waals surface area contributed by atoms with Crippen molar-refractivity contribution in [2.24, 2.45) is 0 Å². The van der Waals surface area contributed by atoms with Crippen molar-refractivity contribution in [1.82, 2.24) is 0 Å². The summed E-state index contributed by atoms with van der Waals surface area (Å²) in [6.07, 6.45) is 2.29. The number of hydrogen-bond acceptors (Lipinski definition) is 2. The van der Waals surface area contributed by atoms with Gasteiger partial charge in [-0.1, -0.05) is 18.2 Å². The lowest BCUT2D eigenvalue weighted by Gasteiger charge is -2.35. The normalized spacial score (nSPS) is 20.0. The number of aryl methyl sites for hydroxylation is 1. The minimum atomic E-state index is 0.490. The molecule has 1 atom stereocenters. The first-order chi connectivity index (χ1) is 6.83. The molecule has 0 amide bonds. The molecule has 1 unspecified atom stereocenters. The molecule has 1 aromatic rings. The number of nitriles is 1. The number of anilines is 1. The Morgan fingerprint density at radius 1 is 1.50 bits per heavy atom. The summed E-state index contributed by atoms with van der Waals surface area (Å²) in [7, 11) is 0. The van der Waals surface area contributed by atoms with Gasteiger partial charge in [-0.3, -0.25) is 0 Å². The minimum Gasteiger partial charge on any atom is -0.355 e. The van der Waals surface area contributed by atoms with Crippen LogP contribution in [-0.4, -0.2) is 12.6 Å². The Morgan fingerprint density at radius 2 is 2.29 bits per heavy atom. The summed E-state index contributed by atoms with van der Waals surface area (Å²) in [6.45, 7) is 2.69. The lowest BCUT2D eigenvalue weighted by Crippen LogP contribution is -2.37. The van der Waals surface area contributed by atoms with Crippen LogP contribution in [-0.2, 0) is 6.42 Å². The number of nitrogens with zero attached hydrogens (tertiary/aromatic N) is 2. The van der Waals surface area contributed by atoms with Crippen LogP contribution in [0.4, 0.5) is 5.69 Å². The number of benzene rings is 1. The molecule has 72 valence electrons. The third-order valence-corrected chi connectivity index (χ3v) is 2.91. The van der Waals surface area contributed by atoms with Gasteiger partial charge in [0.05, 0.1) is 6.07 Å². The van der Waals surface area contributed by atoms with Crippen molar-refractivity contribution in [2.45, 2.75) is 25.8 Å². The second-order valence-electron chi connectivity index (χ2n) is 3.80. The van der Waals surface area contributed by atoms with E-state index in [1.54, 1.807) is 0 Å². The smallest absolute Gasteiger partial charge is 0.106 e. The van der Waals surface area contributed by atoms with E-state index in [-0.39, 0.29) is 0 Å². The molecule has 0 spiro atoms. The summed E-state index contributed by atoms with van der Waals surface area (Å²) < 4.78 is 0. The van der Waals surface area contributed by atoms with Gasteiger partial charge < -0.3 is 4.90 Å². The van der Waals surface area contributed by atoms with Gasteiger partial charge in [0.1, 0.15) is 6.54 Å². The van der Waals surface area contributed by atoms with Crippen LogP contribution in [0.25, 0.3) is 0 Å². The summed E-state index contributed by atoms with van der Waals surface area (Å²) >= 11 is 0. The fraction of sp³-hybridized carbons (Fsp3) is 0.417. The summed E-state index contributed by atoms with van der Waals surface area (Å²) in [4.78, 5) is 2.19. The highest BCUT2D eigenvalue weighted by molar-refractivity contribution is 5.56. The zero-order valence-electron chi connectivity index (χ0n) is 8.40. The molecule has 0 aliphatic carbocycles. The molecular formula is C12H14N2. The van der Waals surface area contributed by atoms with Crippen molar-refractivity contribution in [3.8, 4) is 6.07 Å². The van der Waals surface area contributed by atoms with Crippen LogP contribution in [0.5, 0.6) is 0 Å². The topological polar surface area (TPSA) is 27.0 Å². The van der Waals surface area contributed by atoms with Crippen LogP contribution < -0.4 is 4.90 Å². The summed E-state index contributed by atoms with van der Waals surface area (Å²) in [5, 5.41) is 8.77. The van der Waals surface area contributed by atoms with Crippen LogP contribution in [0.2, 0.25) is 0 Å². The summed E-state index contributed by atoms with van der Waals surface area (Å²) in [5.74, 6) is 0. The first kappa shape index (κ1) is 9.08. The second kappa shape index (κ2) is 3.71. The van der Waals surface area contributed by atoms with Gasteiger partial charge in [-0.25, -0.2) is 0 Å². The van der Waals surface area contributed by atoms with Gasteiger partial charge in [0, 0.05) is 11.7 Å². The molecule has 0 saturated heterocycles. The summed E-state index contributed by atoms with van der Waals surface area (Å²) in [5.41, 5.74) is 2.62. The zero-order valence-corrected chi connectivity index (χ0v) is 8.40. The number of hydrogen-bond donors (Lipinski definition) is 0. The highest BCUT2D eigenvalue weighted by Gasteiger charge is 2.21. The predicted octanol–water partition coefficient (Wildman–Crippen LogP) is 2.35. The first-order valence-corrected chi connectivity index (χ1v) is 5.04. The second-order valence-corrected chi connectivity index (χ2v) is 3.80. The van der Waals surface area contributed by atoms with E-state index < -0.39 is 0 Å². The van der Waals surface area contributed by atoms with E-state index in [0.717, 1.165) is 12.8 Å². The van der Waals surface area contributed by atoms with E-state index in [1.807, 2.05) is 6.07 Å². The largest absolute Gasteiger partial charge is 0.355 e. The van der Waals surface area contributed by atoms with Crippen molar-refractivity contribution in [1.29, 1.82) is 5.26 Å². The molecule has 14 heavy (non-hydrogen) atoms. The van der Waals surface area contributed by atoms with Gasteiger partial charge in [-0.2, -0.15) is 5.26 Å². The Morgan fingerprint density at radius 3 is 3.07 bits per heavy atom. The minimum absolute atomic E-state index is 0.490. The van der Waals surface area contributed by atoms with Gasteiger partial charge >= 0.3 is 0 Å². The van der Waals surface area contributed by atoms with Crippen molar-refractivity contribution in [3.63, 3.8) is 0 Å². The maximum absolute atomic E-state index is 8.77. The molecule has 0 saturated carbocycles. The molecule has 0 bridgehead atoms. The number of para-hydroxylation sites is 1. The van der Waals surface area contributed by atoms with Crippen LogP contribution in [0.15, 0.2) is 24.3 Å². The van der Waals surface area contributed by atoms with Crippen LogP contribution >= 0.6 is 0 Å². The van der Waals surface area contributed by atoms with E-state index in [9.17, 15) is 0 Å². The van der Waals surface area contributed by atoms with Gasteiger partial charge in [0.2, 0.25) is 0 Å². The van der Waals surface area contributed by atoms with Gasteiger partial charge in [0.15, 0.2) is 0 Å². The maximum Gasteiger partial charge on any atom is 0.106 e. The monoisotopic (exact) mass is 186 g/mol. The number of rotatable bonds is 1. The Labute approximate surface area is 84.8 Å². The van der Waals surface area contributed by atoms with E-state index >= 15 is 0 Å². The molecule has 1 aliphatic rings. The molecule has 2 rings (SSSR count). The number of fused-ring (bicyclic) bond motifs is 1. The van der Waals surface area contributed by atoms with E-state index in [1.165, 1.54) is 11.3 Å². The van der Waals surface area contributed by atoms with Crippen LogP contribution in [0, 0.1) is 11.3 Å². The van der Waals surface area contributed by atoms with Crippen molar-refractivity contribution >= 4 is 5.69 Å². The molecular weight excluding hydrogens is 172 g/mol. The Hall–Kier alpha value is -1.49. The van der Waals surface area contributed by atoms with Crippen LogP contribution in [0.3, 0.4) is 0 Å². The maximum atomic E-state index is 8.77. The molecule has 0 radical (unpaired) electrons. The molecule has 2 heteroatoms. The molecule has 0 aromatic heterocycles. The highest BCUT2D eigenvalue weighted by Crippen LogP contribution is 2.29. The first-order valence-electron chi connectivity index (χ1n) is 5.04. The molecule has 1 aliphatic heterocycles. The van der Waals surface area contributed by atoms with Crippen molar-refractivity contribution in [2.75, 3.05) is 11.4 Å². The highest BCUT2D eigenvalue weighted by atomic mass is 15.2. The predicted molar refractivity (Wildman–Crippen MR) is 57.2 cm³/mol. The fourth-order valence-corrected chi connectivity index (χ4v) is 2.08. The van der Waals surface area contributed by atoms with Gasteiger partial charge in [0.25, 0.3) is 0 Å². The molecule has 1 heterocycles. The van der Waals surface area contributed by atoms with Crippen molar-refractivity contribution < 1.29 is 0 Å². The van der Waals surface area contributed by atoms with Crippen LogP contribution in [0.1, 0.15) is 18.9 Å². The average molecular weight is 186 g/mol. The third kappa shape index (κ3) is 1.46. The average Bonchev–Trinajstić information content (AvgIpc) is 2.23. The van der Waals surface area contributed by atoms with E-state index in [4.69, 9.17) is 5.26 Å². The molecule has 1 aromatic carbocycles. The standard InChI is InChI=1S/C12H14N2/c1-10-6-7-11-4-2-3-5-12(11)14(10)9-8-13/h2-5,10H,6-7,9H2,1H3. The fourth-order valence-electron chi connectivity index (χ4n) is 2.08. The summed E-state index contributed by atoms with van der Waals surface area (Å²) in [6, 6.07) is 11.1. The third-order valence-electron chi connectivity index (χ3n) is 2.91.